The van der Waals surface area contributed by atoms with Gasteiger partial charge in [0.25, 0.3) is 5.56 Å². The second kappa shape index (κ2) is 4.42. The molecule has 0 aliphatic rings. The van der Waals surface area contributed by atoms with Gasteiger partial charge in [0.1, 0.15) is 12.6 Å². The van der Waals surface area contributed by atoms with Crippen molar-refractivity contribution in [2.45, 2.75) is 13.7 Å². The molecule has 0 bridgehead atoms. The zero-order valence-electron chi connectivity index (χ0n) is 8.80. The Balaban J connectivity index is 2.36. The first-order valence-corrected chi connectivity index (χ1v) is 4.82. The van der Waals surface area contributed by atoms with Gasteiger partial charge in [-0.25, -0.2) is 9.97 Å². The van der Waals surface area contributed by atoms with E-state index in [-0.39, 0.29) is 31.0 Å². The van der Waals surface area contributed by atoms with Crippen LogP contribution < -0.4 is 5.56 Å². The highest BCUT2D eigenvalue weighted by atomic mass is 16.5. The zero-order valence-corrected chi connectivity index (χ0v) is 8.80. The van der Waals surface area contributed by atoms with Gasteiger partial charge in [0.05, 0.1) is 19.5 Å². The van der Waals surface area contributed by atoms with Crippen LogP contribution in [-0.2, 0) is 11.5 Å². The van der Waals surface area contributed by atoms with E-state index in [0.717, 1.165) is 0 Å². The molecule has 2 rings (SSSR count). The summed E-state index contributed by atoms with van der Waals surface area (Å²) in [5, 5.41) is 8.58. The van der Waals surface area contributed by atoms with Crippen LogP contribution in [0.5, 0.6) is 0 Å². The van der Waals surface area contributed by atoms with Crippen molar-refractivity contribution in [2.75, 3.05) is 13.2 Å². The second-order valence-corrected chi connectivity index (χ2v) is 3.30. The molecule has 0 aliphatic heterocycles. The lowest BCUT2D eigenvalue weighted by Crippen LogP contribution is -2.12. The standard InChI is InChI=1S/C9H12N4O3/c1-6-11-8-7(9(15)12-6)10-4-13(8)5-16-3-2-14/h4,14H,2-3,5H2,1H3,(H,11,12,15). The summed E-state index contributed by atoms with van der Waals surface area (Å²) >= 11 is 0. The molecule has 2 aromatic rings. The molecule has 0 atom stereocenters. The fraction of sp³-hybridized carbons (Fsp3) is 0.444. The number of H-pyrrole nitrogens is 1. The number of hydrogen-bond donors (Lipinski definition) is 2. The summed E-state index contributed by atoms with van der Waals surface area (Å²) in [6.45, 7) is 2.11. The van der Waals surface area contributed by atoms with Crippen molar-refractivity contribution in [1.82, 2.24) is 19.5 Å². The van der Waals surface area contributed by atoms with E-state index in [0.29, 0.717) is 11.5 Å². The molecule has 0 radical (unpaired) electrons. The molecule has 86 valence electrons. The quantitative estimate of drug-likeness (QED) is 0.676. The first-order chi connectivity index (χ1) is 7.72. The van der Waals surface area contributed by atoms with Crippen molar-refractivity contribution in [3.05, 3.63) is 22.5 Å². The Bertz CT molecular complexity index is 545. The number of ether oxygens (including phenoxy) is 1. The number of aromatic amines is 1. The Labute approximate surface area is 90.7 Å². The number of aliphatic hydroxyl groups is 1. The Morgan fingerprint density at radius 1 is 1.62 bits per heavy atom. The predicted octanol–water partition coefficient (Wildman–Crippen LogP) is -0.606. The van der Waals surface area contributed by atoms with Gasteiger partial charge in [-0.05, 0) is 6.92 Å². The van der Waals surface area contributed by atoms with Gasteiger partial charge < -0.3 is 14.8 Å². The molecule has 7 nitrogen and oxygen atoms in total. The average molecular weight is 224 g/mol. The van der Waals surface area contributed by atoms with E-state index >= 15 is 0 Å². The van der Waals surface area contributed by atoms with Crippen LogP contribution in [0.25, 0.3) is 11.2 Å². The molecule has 0 spiro atoms. The number of aliphatic hydroxyl groups excluding tert-OH is 1. The van der Waals surface area contributed by atoms with Gasteiger partial charge in [-0.1, -0.05) is 0 Å². The second-order valence-electron chi connectivity index (χ2n) is 3.30. The van der Waals surface area contributed by atoms with Crippen molar-refractivity contribution in [2.24, 2.45) is 0 Å². The smallest absolute Gasteiger partial charge is 0.279 e. The topological polar surface area (TPSA) is 93.0 Å². The predicted molar refractivity (Wildman–Crippen MR) is 55.9 cm³/mol. The first kappa shape index (κ1) is 10.8. The lowest BCUT2D eigenvalue weighted by molar-refractivity contribution is 0.0499. The molecule has 0 amide bonds. The van der Waals surface area contributed by atoms with Gasteiger partial charge >= 0.3 is 0 Å². The van der Waals surface area contributed by atoms with Crippen molar-refractivity contribution in [3.63, 3.8) is 0 Å². The maximum atomic E-state index is 11.5. The van der Waals surface area contributed by atoms with E-state index in [1.165, 1.54) is 6.33 Å². The van der Waals surface area contributed by atoms with E-state index < -0.39 is 0 Å². The third-order valence-corrected chi connectivity index (χ3v) is 2.06. The van der Waals surface area contributed by atoms with E-state index in [9.17, 15) is 4.79 Å². The summed E-state index contributed by atoms with van der Waals surface area (Å²) in [6.07, 6.45) is 1.49. The molecule has 0 aliphatic carbocycles. The third kappa shape index (κ3) is 1.95. The molecule has 2 heterocycles. The molecule has 0 aromatic carbocycles. The van der Waals surface area contributed by atoms with Crippen LogP contribution in [0.3, 0.4) is 0 Å². The number of rotatable bonds is 4. The van der Waals surface area contributed by atoms with Crippen LogP contribution in [0.15, 0.2) is 11.1 Å². The molecule has 7 heteroatoms. The van der Waals surface area contributed by atoms with E-state index in [1.807, 2.05) is 0 Å². The highest BCUT2D eigenvalue weighted by Gasteiger charge is 2.08. The Kier molecular flexibility index (Phi) is 2.97. The molecule has 0 unspecified atom stereocenters. The van der Waals surface area contributed by atoms with Crippen LogP contribution in [0.4, 0.5) is 0 Å². The van der Waals surface area contributed by atoms with Crippen LogP contribution in [0.1, 0.15) is 5.82 Å². The van der Waals surface area contributed by atoms with E-state index in [1.54, 1.807) is 11.5 Å². The van der Waals surface area contributed by atoms with Gasteiger partial charge in [-0.2, -0.15) is 0 Å². The fourth-order valence-corrected chi connectivity index (χ4v) is 1.39. The van der Waals surface area contributed by atoms with Crippen molar-refractivity contribution < 1.29 is 9.84 Å². The molecular weight excluding hydrogens is 212 g/mol. The number of aryl methyl sites for hydroxylation is 1. The molecule has 16 heavy (non-hydrogen) atoms. The fourth-order valence-electron chi connectivity index (χ4n) is 1.39. The highest BCUT2D eigenvalue weighted by molar-refractivity contribution is 5.69. The van der Waals surface area contributed by atoms with Crippen LogP contribution in [-0.4, -0.2) is 37.8 Å². The minimum atomic E-state index is -0.261. The minimum Gasteiger partial charge on any atom is -0.394 e. The number of nitrogens with one attached hydrogen (secondary N) is 1. The normalized spacial score (nSPS) is 11.1. The number of nitrogens with zero attached hydrogens (tertiary/aromatic N) is 3. The Hall–Kier alpha value is -1.73. The highest BCUT2D eigenvalue weighted by Crippen LogP contribution is 2.05. The SMILES string of the molecule is Cc1nc2c(ncn2COCCO)c(=O)[nH]1. The summed E-state index contributed by atoms with van der Waals surface area (Å²) in [5.41, 5.74) is 0.515. The van der Waals surface area contributed by atoms with Gasteiger partial charge in [-0.3, -0.25) is 9.36 Å². The summed E-state index contributed by atoms with van der Waals surface area (Å²) < 4.78 is 6.75. The Morgan fingerprint density at radius 3 is 3.19 bits per heavy atom. The Morgan fingerprint density at radius 2 is 2.44 bits per heavy atom. The number of fused-ring (bicyclic) bond motifs is 1. The van der Waals surface area contributed by atoms with E-state index in [2.05, 4.69) is 15.0 Å². The lowest BCUT2D eigenvalue weighted by Gasteiger charge is -2.03. The maximum Gasteiger partial charge on any atom is 0.279 e. The lowest BCUT2D eigenvalue weighted by atomic mass is 10.5. The number of aromatic nitrogens is 4. The maximum absolute atomic E-state index is 11.5. The van der Waals surface area contributed by atoms with Crippen molar-refractivity contribution >= 4 is 11.2 Å². The minimum absolute atomic E-state index is 0.0420. The molecule has 0 saturated carbocycles. The zero-order chi connectivity index (χ0) is 11.5. The summed E-state index contributed by atoms with van der Waals surface area (Å²) in [7, 11) is 0. The van der Waals surface area contributed by atoms with Crippen LogP contribution in [0.2, 0.25) is 0 Å². The summed E-state index contributed by atoms with van der Waals surface area (Å²) in [6, 6.07) is 0. The van der Waals surface area contributed by atoms with Crippen molar-refractivity contribution in [3.8, 4) is 0 Å². The molecular formula is C9H12N4O3. The van der Waals surface area contributed by atoms with E-state index in [4.69, 9.17) is 9.84 Å². The molecule has 0 saturated heterocycles. The molecule has 2 aromatic heterocycles. The summed E-state index contributed by atoms with van der Waals surface area (Å²) in [5.74, 6) is 0.529. The molecule has 0 fully saturated rings. The molecule has 2 N–H and O–H groups in total. The number of hydrogen-bond acceptors (Lipinski definition) is 5. The van der Waals surface area contributed by atoms with Crippen molar-refractivity contribution in [1.29, 1.82) is 0 Å². The number of imidazole rings is 1. The monoisotopic (exact) mass is 224 g/mol. The largest absolute Gasteiger partial charge is 0.394 e. The van der Waals surface area contributed by atoms with Gasteiger partial charge in [0.2, 0.25) is 0 Å². The summed E-state index contributed by atoms with van der Waals surface area (Å²) in [4.78, 5) is 22.2. The third-order valence-electron chi connectivity index (χ3n) is 2.06. The van der Waals surface area contributed by atoms with Gasteiger partial charge in [0, 0.05) is 0 Å². The van der Waals surface area contributed by atoms with Gasteiger partial charge in [-0.15, -0.1) is 0 Å². The van der Waals surface area contributed by atoms with Crippen LogP contribution >= 0.6 is 0 Å². The van der Waals surface area contributed by atoms with Gasteiger partial charge in [0.15, 0.2) is 11.2 Å². The first-order valence-electron chi connectivity index (χ1n) is 4.82. The average Bonchev–Trinajstić information content (AvgIpc) is 2.62. The van der Waals surface area contributed by atoms with Crippen LogP contribution in [0, 0.1) is 6.92 Å².